The Morgan fingerprint density at radius 3 is 2.38 bits per heavy atom. The number of carbonyl (C=O) groups excluding carboxylic acids is 1. The number of carboxylic acid groups (broad SMARTS) is 1. The molecule has 0 spiro atoms. The molecule has 2 N–H and O–H groups in total. The Kier molecular flexibility index (Phi) is 4.78. The first-order valence-electron chi connectivity index (χ1n) is 7.28. The second-order valence-electron chi connectivity index (χ2n) is 5.69. The first-order chi connectivity index (χ1) is 9.97. The lowest BCUT2D eigenvalue weighted by molar-refractivity contribution is -0.131. The average molecular weight is 287 g/mol. The lowest BCUT2D eigenvalue weighted by atomic mass is 10.0. The summed E-state index contributed by atoms with van der Waals surface area (Å²) in [7, 11) is 0. The van der Waals surface area contributed by atoms with Crippen LogP contribution in [0.1, 0.15) is 43.9 Å². The van der Waals surface area contributed by atoms with Crippen LogP contribution in [0.2, 0.25) is 0 Å². The highest BCUT2D eigenvalue weighted by Crippen LogP contribution is 2.36. The van der Waals surface area contributed by atoms with Gasteiger partial charge in [0.25, 0.3) is 0 Å². The van der Waals surface area contributed by atoms with E-state index in [1.165, 1.54) is 0 Å². The highest BCUT2D eigenvalue weighted by Gasteiger charge is 2.32. The third-order valence-electron chi connectivity index (χ3n) is 3.96. The van der Waals surface area contributed by atoms with Crippen LogP contribution in [-0.4, -0.2) is 17.0 Å². The van der Waals surface area contributed by atoms with Crippen LogP contribution in [0, 0.1) is 11.8 Å². The summed E-state index contributed by atoms with van der Waals surface area (Å²) in [6, 6.07) is 7.47. The van der Waals surface area contributed by atoms with Gasteiger partial charge in [0.1, 0.15) is 0 Å². The predicted octanol–water partition coefficient (Wildman–Crippen LogP) is 3.01. The summed E-state index contributed by atoms with van der Waals surface area (Å²) in [6.07, 6.45) is 4.98. The average Bonchev–Trinajstić information content (AvgIpc) is 3.29. The normalized spacial score (nSPS) is 17.4. The molecule has 0 radical (unpaired) electrons. The van der Waals surface area contributed by atoms with E-state index < -0.39 is 5.97 Å². The van der Waals surface area contributed by atoms with E-state index in [1.807, 2.05) is 38.1 Å². The Bertz CT molecular complexity index is 544. The van der Waals surface area contributed by atoms with Gasteiger partial charge in [-0.05, 0) is 42.9 Å². The number of aliphatic carboxylic acids is 1. The number of rotatable bonds is 6. The van der Waals surface area contributed by atoms with Gasteiger partial charge in [-0.25, -0.2) is 4.79 Å². The Balaban J connectivity index is 1.94. The maximum Gasteiger partial charge on any atom is 0.328 e. The van der Waals surface area contributed by atoms with Crippen LogP contribution < -0.4 is 5.32 Å². The molecule has 1 fully saturated rings. The number of hydrogen-bond donors (Lipinski definition) is 2. The van der Waals surface area contributed by atoms with E-state index in [9.17, 15) is 9.59 Å². The van der Waals surface area contributed by atoms with Crippen molar-refractivity contribution in [3.05, 3.63) is 41.5 Å². The first kappa shape index (κ1) is 15.3. The van der Waals surface area contributed by atoms with E-state index in [0.717, 1.165) is 30.0 Å². The monoisotopic (exact) mass is 287 g/mol. The number of amides is 1. The van der Waals surface area contributed by atoms with Crippen molar-refractivity contribution in [3.8, 4) is 0 Å². The molecule has 1 saturated carbocycles. The van der Waals surface area contributed by atoms with Gasteiger partial charge >= 0.3 is 5.97 Å². The van der Waals surface area contributed by atoms with E-state index in [1.54, 1.807) is 6.08 Å². The molecule has 2 unspecified atom stereocenters. The zero-order valence-corrected chi connectivity index (χ0v) is 12.4. The van der Waals surface area contributed by atoms with E-state index in [0.29, 0.717) is 5.92 Å². The highest BCUT2D eigenvalue weighted by atomic mass is 16.4. The SMILES string of the molecule is CC(NC(=O)C(C)C1CC1)c1ccc(/C=C/C(=O)O)cc1. The van der Waals surface area contributed by atoms with Gasteiger partial charge < -0.3 is 10.4 Å². The van der Waals surface area contributed by atoms with Crippen LogP contribution in [0.15, 0.2) is 30.3 Å². The molecular formula is C17H21NO3. The lowest BCUT2D eigenvalue weighted by Crippen LogP contribution is -2.32. The molecule has 4 nitrogen and oxygen atoms in total. The van der Waals surface area contributed by atoms with Crippen LogP contribution in [0.25, 0.3) is 6.08 Å². The quantitative estimate of drug-likeness (QED) is 0.790. The van der Waals surface area contributed by atoms with Crippen LogP contribution in [0.4, 0.5) is 0 Å². The van der Waals surface area contributed by atoms with Gasteiger partial charge in [0, 0.05) is 12.0 Å². The number of carboxylic acids is 1. The number of nitrogens with one attached hydrogen (secondary N) is 1. The fraction of sp³-hybridized carbons (Fsp3) is 0.412. The van der Waals surface area contributed by atoms with Gasteiger partial charge in [-0.15, -0.1) is 0 Å². The van der Waals surface area contributed by atoms with Gasteiger partial charge in [0.15, 0.2) is 0 Å². The minimum absolute atomic E-state index is 0.0452. The molecule has 2 atom stereocenters. The summed E-state index contributed by atoms with van der Waals surface area (Å²) in [4.78, 5) is 22.5. The lowest BCUT2D eigenvalue weighted by Gasteiger charge is -2.17. The van der Waals surface area contributed by atoms with Crippen LogP contribution in [0.3, 0.4) is 0 Å². The molecule has 1 aliphatic rings. The van der Waals surface area contributed by atoms with Crippen molar-refractivity contribution in [2.24, 2.45) is 11.8 Å². The van der Waals surface area contributed by atoms with E-state index >= 15 is 0 Å². The van der Waals surface area contributed by atoms with Crippen molar-refractivity contribution in [3.63, 3.8) is 0 Å². The van der Waals surface area contributed by atoms with Gasteiger partial charge in [-0.2, -0.15) is 0 Å². The molecule has 1 aromatic carbocycles. The standard InChI is InChI=1S/C17H21NO3/c1-11(14-8-9-14)17(21)18-12(2)15-6-3-13(4-7-15)5-10-16(19)20/h3-7,10-12,14H,8-9H2,1-2H3,(H,18,21)(H,19,20)/b10-5+. The molecule has 1 aromatic rings. The molecular weight excluding hydrogens is 266 g/mol. The zero-order valence-electron chi connectivity index (χ0n) is 12.4. The Morgan fingerprint density at radius 1 is 1.24 bits per heavy atom. The third-order valence-corrected chi connectivity index (χ3v) is 3.96. The summed E-state index contributed by atoms with van der Waals surface area (Å²) in [5.41, 5.74) is 1.84. The van der Waals surface area contributed by atoms with Crippen LogP contribution in [0.5, 0.6) is 0 Å². The molecule has 0 bridgehead atoms. The van der Waals surface area contributed by atoms with Crippen LogP contribution >= 0.6 is 0 Å². The molecule has 1 aliphatic carbocycles. The fourth-order valence-corrected chi connectivity index (χ4v) is 2.30. The third kappa shape index (κ3) is 4.45. The van der Waals surface area contributed by atoms with Crippen molar-refractivity contribution in [2.45, 2.75) is 32.7 Å². The van der Waals surface area contributed by atoms with Crippen molar-refractivity contribution >= 4 is 18.0 Å². The van der Waals surface area contributed by atoms with Gasteiger partial charge in [0.2, 0.25) is 5.91 Å². The largest absolute Gasteiger partial charge is 0.478 e. The molecule has 0 aromatic heterocycles. The van der Waals surface area contributed by atoms with Gasteiger partial charge in [0.05, 0.1) is 6.04 Å². The van der Waals surface area contributed by atoms with Crippen LogP contribution in [-0.2, 0) is 9.59 Å². The van der Waals surface area contributed by atoms with Crippen molar-refractivity contribution in [2.75, 3.05) is 0 Å². The topological polar surface area (TPSA) is 66.4 Å². The maximum atomic E-state index is 12.1. The second-order valence-corrected chi connectivity index (χ2v) is 5.69. The van der Waals surface area contributed by atoms with Gasteiger partial charge in [-0.1, -0.05) is 31.2 Å². The molecule has 2 rings (SSSR count). The fourth-order valence-electron chi connectivity index (χ4n) is 2.30. The number of carbonyl (C=O) groups is 2. The number of benzene rings is 1. The van der Waals surface area contributed by atoms with E-state index in [-0.39, 0.29) is 17.9 Å². The second kappa shape index (κ2) is 6.57. The van der Waals surface area contributed by atoms with E-state index in [2.05, 4.69) is 5.32 Å². The van der Waals surface area contributed by atoms with Gasteiger partial charge in [-0.3, -0.25) is 4.79 Å². The Hall–Kier alpha value is -2.10. The zero-order chi connectivity index (χ0) is 15.4. The van der Waals surface area contributed by atoms with Crippen molar-refractivity contribution < 1.29 is 14.7 Å². The summed E-state index contributed by atoms with van der Waals surface area (Å²) in [5.74, 6) is -0.209. The number of hydrogen-bond acceptors (Lipinski definition) is 2. The maximum absolute atomic E-state index is 12.1. The smallest absolute Gasteiger partial charge is 0.328 e. The predicted molar refractivity (Wildman–Crippen MR) is 81.6 cm³/mol. The molecule has 0 heterocycles. The molecule has 0 aliphatic heterocycles. The molecule has 21 heavy (non-hydrogen) atoms. The summed E-state index contributed by atoms with van der Waals surface area (Å²) in [5, 5.41) is 11.6. The molecule has 0 saturated heterocycles. The van der Waals surface area contributed by atoms with E-state index in [4.69, 9.17) is 5.11 Å². The highest BCUT2D eigenvalue weighted by molar-refractivity contribution is 5.85. The van der Waals surface area contributed by atoms with Crippen molar-refractivity contribution in [1.82, 2.24) is 5.32 Å². The summed E-state index contributed by atoms with van der Waals surface area (Å²) >= 11 is 0. The minimum Gasteiger partial charge on any atom is -0.478 e. The van der Waals surface area contributed by atoms with Crippen molar-refractivity contribution in [1.29, 1.82) is 0 Å². The molecule has 112 valence electrons. The first-order valence-corrected chi connectivity index (χ1v) is 7.28. The Labute approximate surface area is 124 Å². The minimum atomic E-state index is -0.964. The Morgan fingerprint density at radius 2 is 1.86 bits per heavy atom. The summed E-state index contributed by atoms with van der Waals surface area (Å²) < 4.78 is 0. The molecule has 4 heteroatoms. The summed E-state index contributed by atoms with van der Waals surface area (Å²) in [6.45, 7) is 3.94. The molecule has 1 amide bonds.